The molecular weight excluding hydrogens is 282 g/mol. The number of nitrogens with two attached hydrogens (primary N) is 1. The molecule has 0 aromatic heterocycles. The van der Waals surface area contributed by atoms with Gasteiger partial charge < -0.3 is 10.5 Å². The number of hydrogen-bond donors (Lipinski definition) is 1. The van der Waals surface area contributed by atoms with Crippen LogP contribution in [0.25, 0.3) is 0 Å². The van der Waals surface area contributed by atoms with Gasteiger partial charge >= 0.3 is 6.61 Å². The fourth-order valence-corrected chi connectivity index (χ4v) is 3.54. The van der Waals surface area contributed by atoms with Crippen molar-refractivity contribution in [3.63, 3.8) is 0 Å². The van der Waals surface area contributed by atoms with E-state index in [9.17, 15) is 8.78 Å². The molecule has 2 atom stereocenters. The van der Waals surface area contributed by atoms with Gasteiger partial charge in [0.2, 0.25) is 0 Å². The van der Waals surface area contributed by atoms with E-state index >= 15 is 0 Å². The molecule has 1 aliphatic rings. The fourth-order valence-electron chi connectivity index (χ4n) is 2.50. The van der Waals surface area contributed by atoms with Gasteiger partial charge in [-0.05, 0) is 17.7 Å². The Balaban J connectivity index is 2.07. The minimum atomic E-state index is -2.79. The largest absolute Gasteiger partial charge is 0.435 e. The number of benzene rings is 1. The van der Waals surface area contributed by atoms with Gasteiger partial charge in [0.15, 0.2) is 0 Å². The highest BCUT2D eigenvalue weighted by atomic mass is 32.2. The highest BCUT2D eigenvalue weighted by molar-refractivity contribution is 7.99. The maximum atomic E-state index is 12.1. The zero-order chi connectivity index (χ0) is 14.5. The van der Waals surface area contributed by atoms with Crippen LogP contribution in [-0.2, 0) is 0 Å². The Hall–Kier alpha value is -0.850. The van der Waals surface area contributed by atoms with Gasteiger partial charge in [0, 0.05) is 36.7 Å². The summed E-state index contributed by atoms with van der Waals surface area (Å²) in [4.78, 5) is 2.37. The van der Waals surface area contributed by atoms with Gasteiger partial charge in [0.1, 0.15) is 5.75 Å². The van der Waals surface area contributed by atoms with Gasteiger partial charge in [-0.25, -0.2) is 0 Å². The fraction of sp³-hybridized carbons (Fsp3) is 0.571. The third-order valence-electron chi connectivity index (χ3n) is 3.43. The lowest BCUT2D eigenvalue weighted by Gasteiger charge is -2.36. The molecule has 1 saturated heterocycles. The molecule has 1 heterocycles. The first-order valence-electron chi connectivity index (χ1n) is 6.70. The number of hydrogen-bond acceptors (Lipinski definition) is 4. The normalized spacial score (nSPS) is 21.9. The van der Waals surface area contributed by atoms with Crippen LogP contribution in [-0.4, -0.2) is 42.1 Å². The number of nitrogens with zero attached hydrogens (tertiary/aromatic N) is 1. The zero-order valence-corrected chi connectivity index (χ0v) is 12.3. The minimum absolute atomic E-state index is 0.138. The molecular formula is C14H20F2N2OS. The Morgan fingerprint density at radius 2 is 2.10 bits per heavy atom. The number of thioether (sulfide) groups is 1. The van der Waals surface area contributed by atoms with E-state index in [0.29, 0.717) is 11.8 Å². The van der Waals surface area contributed by atoms with Gasteiger partial charge in [-0.3, -0.25) is 4.90 Å². The summed E-state index contributed by atoms with van der Waals surface area (Å²) in [5.74, 6) is 1.28. The monoisotopic (exact) mass is 302 g/mol. The minimum Gasteiger partial charge on any atom is -0.435 e. The molecule has 0 spiro atoms. The van der Waals surface area contributed by atoms with Gasteiger partial charge in [-0.1, -0.05) is 19.1 Å². The van der Waals surface area contributed by atoms with Crippen LogP contribution in [0.4, 0.5) is 8.78 Å². The van der Waals surface area contributed by atoms with Crippen LogP contribution in [0.15, 0.2) is 24.3 Å². The molecule has 2 rings (SSSR count). The molecule has 1 aromatic carbocycles. The van der Waals surface area contributed by atoms with Crippen molar-refractivity contribution in [3.05, 3.63) is 29.8 Å². The third kappa shape index (κ3) is 4.07. The summed E-state index contributed by atoms with van der Waals surface area (Å²) >= 11 is 1.97. The second-order valence-corrected chi connectivity index (χ2v) is 6.42. The van der Waals surface area contributed by atoms with Gasteiger partial charge in [-0.2, -0.15) is 20.5 Å². The lowest BCUT2D eigenvalue weighted by molar-refractivity contribution is -0.0498. The SMILES string of the molecule is CC1CN(C(CN)c2ccc(OC(F)F)cc2)CCS1. The molecule has 1 aromatic rings. The Bertz CT molecular complexity index is 416. The van der Waals surface area contributed by atoms with Crippen LogP contribution in [0.1, 0.15) is 18.5 Å². The van der Waals surface area contributed by atoms with Crippen molar-refractivity contribution in [3.8, 4) is 5.75 Å². The standard InChI is InChI=1S/C14H20F2N2OS/c1-10-9-18(6-7-20-10)13(8-17)11-2-4-12(5-3-11)19-14(15)16/h2-5,10,13-14H,6-9,17H2,1H3. The first-order chi connectivity index (χ1) is 9.60. The Morgan fingerprint density at radius 3 is 2.65 bits per heavy atom. The van der Waals surface area contributed by atoms with Crippen molar-refractivity contribution in [2.24, 2.45) is 5.73 Å². The Kier molecular flexibility index (Phi) is 5.63. The molecule has 1 aliphatic heterocycles. The van der Waals surface area contributed by atoms with Crippen molar-refractivity contribution in [2.45, 2.75) is 24.8 Å². The number of halogens is 2. The lowest BCUT2D eigenvalue weighted by Crippen LogP contribution is -2.42. The van der Waals surface area contributed by atoms with Crippen LogP contribution in [0.5, 0.6) is 5.75 Å². The van der Waals surface area contributed by atoms with Crippen molar-refractivity contribution >= 4 is 11.8 Å². The molecule has 0 aliphatic carbocycles. The molecule has 3 nitrogen and oxygen atoms in total. The predicted molar refractivity (Wildman–Crippen MR) is 78.4 cm³/mol. The summed E-state index contributed by atoms with van der Waals surface area (Å²) in [6.07, 6.45) is 0. The van der Waals surface area contributed by atoms with Crippen LogP contribution in [0.3, 0.4) is 0 Å². The topological polar surface area (TPSA) is 38.5 Å². The molecule has 112 valence electrons. The average molecular weight is 302 g/mol. The van der Waals surface area contributed by atoms with Gasteiger partial charge in [0.25, 0.3) is 0 Å². The number of rotatable bonds is 5. The zero-order valence-electron chi connectivity index (χ0n) is 11.5. The predicted octanol–water partition coefficient (Wildman–Crippen LogP) is 2.73. The smallest absolute Gasteiger partial charge is 0.387 e. The van der Waals surface area contributed by atoms with Crippen molar-refractivity contribution < 1.29 is 13.5 Å². The van der Waals surface area contributed by atoms with Crippen molar-refractivity contribution in [1.82, 2.24) is 4.90 Å². The molecule has 0 amide bonds. The lowest BCUT2D eigenvalue weighted by atomic mass is 10.0. The number of ether oxygens (including phenoxy) is 1. The van der Waals surface area contributed by atoms with E-state index in [4.69, 9.17) is 5.73 Å². The van der Waals surface area contributed by atoms with Crippen molar-refractivity contribution in [1.29, 1.82) is 0 Å². The molecule has 20 heavy (non-hydrogen) atoms. The second kappa shape index (κ2) is 7.24. The summed E-state index contributed by atoms with van der Waals surface area (Å²) in [5, 5.41) is 0.597. The van der Waals surface area contributed by atoms with Crippen LogP contribution in [0, 0.1) is 0 Å². The maximum absolute atomic E-state index is 12.1. The van der Waals surface area contributed by atoms with Crippen molar-refractivity contribution in [2.75, 3.05) is 25.4 Å². The Morgan fingerprint density at radius 1 is 1.40 bits per heavy atom. The first kappa shape index (κ1) is 15.5. The third-order valence-corrected chi connectivity index (χ3v) is 4.56. The van der Waals surface area contributed by atoms with E-state index in [2.05, 4.69) is 16.6 Å². The van der Waals surface area contributed by atoms with E-state index in [0.717, 1.165) is 24.4 Å². The van der Waals surface area contributed by atoms with Gasteiger partial charge in [0.05, 0.1) is 0 Å². The second-order valence-electron chi connectivity index (χ2n) is 4.88. The van der Waals surface area contributed by atoms with E-state index in [1.165, 1.54) is 0 Å². The maximum Gasteiger partial charge on any atom is 0.387 e. The number of alkyl halides is 2. The highest BCUT2D eigenvalue weighted by Crippen LogP contribution is 2.28. The first-order valence-corrected chi connectivity index (χ1v) is 7.75. The van der Waals surface area contributed by atoms with Crippen LogP contribution >= 0.6 is 11.8 Å². The summed E-state index contributed by atoms with van der Waals surface area (Å²) < 4.78 is 28.6. The van der Waals surface area contributed by atoms with Crippen LogP contribution in [0.2, 0.25) is 0 Å². The molecule has 2 unspecified atom stereocenters. The molecule has 0 saturated carbocycles. The molecule has 2 N–H and O–H groups in total. The molecule has 6 heteroatoms. The molecule has 0 bridgehead atoms. The van der Waals surface area contributed by atoms with Gasteiger partial charge in [-0.15, -0.1) is 0 Å². The molecule has 0 radical (unpaired) electrons. The van der Waals surface area contributed by atoms with E-state index in [-0.39, 0.29) is 11.8 Å². The van der Waals surface area contributed by atoms with Crippen LogP contribution < -0.4 is 10.5 Å². The summed E-state index contributed by atoms with van der Waals surface area (Å²) in [5.41, 5.74) is 6.95. The summed E-state index contributed by atoms with van der Waals surface area (Å²) in [6, 6.07) is 6.93. The van der Waals surface area contributed by atoms with E-state index in [1.54, 1.807) is 12.1 Å². The van der Waals surface area contributed by atoms with E-state index in [1.807, 2.05) is 23.9 Å². The summed E-state index contributed by atoms with van der Waals surface area (Å²) in [7, 11) is 0. The quantitative estimate of drug-likeness (QED) is 0.907. The Labute approximate surface area is 122 Å². The molecule has 1 fully saturated rings. The average Bonchev–Trinajstić information content (AvgIpc) is 2.41. The van der Waals surface area contributed by atoms with E-state index < -0.39 is 6.61 Å². The highest BCUT2D eigenvalue weighted by Gasteiger charge is 2.24. The summed E-state index contributed by atoms with van der Waals surface area (Å²) in [6.45, 7) is 1.95.